The number of nitrogens with zero attached hydrogens (tertiary/aromatic N) is 1. The molecule has 1 amide bonds. The molecule has 1 aromatic carbocycles. The molecule has 1 fully saturated rings. The molecule has 1 saturated carbocycles. The maximum Gasteiger partial charge on any atom is 0.251 e. The van der Waals surface area contributed by atoms with Crippen LogP contribution >= 0.6 is 0 Å². The number of hydrogen-bond acceptors (Lipinski definition) is 3. The number of hydrogen-bond donors (Lipinski definition) is 1. The topological polar surface area (TPSA) is 51.2 Å². The highest BCUT2D eigenvalue weighted by molar-refractivity contribution is 5.94. The molecule has 23 heavy (non-hydrogen) atoms. The molecule has 0 bridgehead atoms. The third kappa shape index (κ3) is 3.33. The first-order chi connectivity index (χ1) is 11.1. The van der Waals surface area contributed by atoms with Gasteiger partial charge in [0.05, 0.1) is 18.8 Å². The standard InChI is InChI=1S/C18H19FN2O2/c1-11-4-3-9-20-16(11)17(12-5-6-12)21-18(22)13-7-8-15(23-2)14(19)10-13/h3-4,7-10,12,17H,5-6H2,1-2H3,(H,21,22). The summed E-state index contributed by atoms with van der Waals surface area (Å²) in [6.07, 6.45) is 3.87. The SMILES string of the molecule is COc1ccc(C(=O)NC(c2ncccc2C)C2CC2)cc1F. The van der Waals surface area contributed by atoms with Crippen molar-refractivity contribution < 1.29 is 13.9 Å². The maximum atomic E-state index is 13.8. The van der Waals surface area contributed by atoms with Gasteiger partial charge in [-0.25, -0.2) is 4.39 Å². The Morgan fingerprint density at radius 3 is 2.78 bits per heavy atom. The molecule has 4 nitrogen and oxygen atoms in total. The molecular weight excluding hydrogens is 295 g/mol. The predicted octanol–water partition coefficient (Wildman–Crippen LogP) is 3.42. The molecule has 5 heteroatoms. The second-order valence-electron chi connectivity index (χ2n) is 5.84. The number of ether oxygens (including phenoxy) is 1. The summed E-state index contributed by atoms with van der Waals surface area (Å²) in [6.45, 7) is 1.98. The minimum atomic E-state index is -0.544. The Bertz CT molecular complexity index is 729. The maximum absolute atomic E-state index is 13.8. The molecule has 1 unspecified atom stereocenters. The van der Waals surface area contributed by atoms with Crippen molar-refractivity contribution in [3.63, 3.8) is 0 Å². The van der Waals surface area contributed by atoms with Crippen LogP contribution in [0.4, 0.5) is 4.39 Å². The van der Waals surface area contributed by atoms with Gasteiger partial charge in [0.25, 0.3) is 5.91 Å². The van der Waals surface area contributed by atoms with E-state index in [2.05, 4.69) is 10.3 Å². The second kappa shape index (κ2) is 6.36. The third-order valence-electron chi connectivity index (χ3n) is 4.14. The first-order valence-electron chi connectivity index (χ1n) is 7.66. The molecule has 0 saturated heterocycles. The van der Waals surface area contributed by atoms with Crippen LogP contribution in [0.2, 0.25) is 0 Å². The van der Waals surface area contributed by atoms with E-state index in [1.54, 1.807) is 12.3 Å². The number of aromatic nitrogens is 1. The van der Waals surface area contributed by atoms with E-state index in [1.165, 1.54) is 19.2 Å². The van der Waals surface area contributed by atoms with Crippen molar-refractivity contribution >= 4 is 5.91 Å². The predicted molar refractivity (Wildman–Crippen MR) is 84.9 cm³/mol. The summed E-state index contributed by atoms with van der Waals surface area (Å²) in [5, 5.41) is 3.01. The number of nitrogens with one attached hydrogen (secondary N) is 1. The Morgan fingerprint density at radius 1 is 1.39 bits per heavy atom. The highest BCUT2D eigenvalue weighted by atomic mass is 19.1. The highest BCUT2D eigenvalue weighted by Crippen LogP contribution is 2.41. The molecule has 3 rings (SSSR count). The third-order valence-corrected chi connectivity index (χ3v) is 4.14. The lowest BCUT2D eigenvalue weighted by atomic mass is 10.0. The lowest BCUT2D eigenvalue weighted by molar-refractivity contribution is 0.0930. The minimum absolute atomic E-state index is 0.126. The number of methoxy groups -OCH3 is 1. The monoisotopic (exact) mass is 314 g/mol. The van der Waals surface area contributed by atoms with Crippen molar-refractivity contribution in [1.29, 1.82) is 0 Å². The lowest BCUT2D eigenvalue weighted by Crippen LogP contribution is -2.31. The molecule has 1 aromatic heterocycles. The smallest absolute Gasteiger partial charge is 0.251 e. The van der Waals surface area contributed by atoms with Gasteiger partial charge in [0.2, 0.25) is 0 Å². The van der Waals surface area contributed by atoms with Gasteiger partial charge < -0.3 is 10.1 Å². The average Bonchev–Trinajstić information content (AvgIpc) is 3.38. The number of halogens is 1. The van der Waals surface area contributed by atoms with Gasteiger partial charge in [-0.3, -0.25) is 9.78 Å². The largest absolute Gasteiger partial charge is 0.494 e. The number of pyridine rings is 1. The fraction of sp³-hybridized carbons (Fsp3) is 0.333. The zero-order chi connectivity index (χ0) is 16.4. The number of amides is 1. The number of carbonyl (C=O) groups excluding carboxylic acids is 1. The van der Waals surface area contributed by atoms with Gasteiger partial charge >= 0.3 is 0 Å². The van der Waals surface area contributed by atoms with E-state index >= 15 is 0 Å². The highest BCUT2D eigenvalue weighted by Gasteiger charge is 2.35. The van der Waals surface area contributed by atoms with Crippen LogP contribution in [-0.2, 0) is 0 Å². The molecule has 0 spiro atoms. The molecule has 0 radical (unpaired) electrons. The summed E-state index contributed by atoms with van der Waals surface area (Å²) >= 11 is 0. The van der Waals surface area contributed by atoms with E-state index < -0.39 is 5.82 Å². The van der Waals surface area contributed by atoms with Crippen LogP contribution in [0.1, 0.15) is 40.5 Å². The second-order valence-corrected chi connectivity index (χ2v) is 5.84. The first-order valence-corrected chi connectivity index (χ1v) is 7.66. The Hall–Kier alpha value is -2.43. The van der Waals surface area contributed by atoms with Crippen molar-refractivity contribution in [3.8, 4) is 5.75 Å². The summed E-state index contributed by atoms with van der Waals surface area (Å²) in [6, 6.07) is 7.95. The number of aryl methyl sites for hydroxylation is 1. The average molecular weight is 314 g/mol. The molecular formula is C18H19FN2O2. The number of carbonyl (C=O) groups is 1. The fourth-order valence-electron chi connectivity index (χ4n) is 2.69. The van der Waals surface area contributed by atoms with Crippen LogP contribution in [0.25, 0.3) is 0 Å². The lowest BCUT2D eigenvalue weighted by Gasteiger charge is -2.19. The molecule has 1 atom stereocenters. The quantitative estimate of drug-likeness (QED) is 0.920. The van der Waals surface area contributed by atoms with Crippen molar-refractivity contribution in [3.05, 3.63) is 59.2 Å². The van der Waals surface area contributed by atoms with Crippen molar-refractivity contribution in [2.45, 2.75) is 25.8 Å². The van der Waals surface area contributed by atoms with Gasteiger partial charge in [-0.05, 0) is 55.5 Å². The van der Waals surface area contributed by atoms with E-state index in [-0.39, 0.29) is 23.3 Å². The zero-order valence-electron chi connectivity index (χ0n) is 13.2. The van der Waals surface area contributed by atoms with Crippen LogP contribution in [0, 0.1) is 18.7 Å². The van der Waals surface area contributed by atoms with Crippen LogP contribution in [0.3, 0.4) is 0 Å². The molecule has 1 aliphatic rings. The van der Waals surface area contributed by atoms with Gasteiger partial charge in [0.1, 0.15) is 0 Å². The number of rotatable bonds is 5. The summed E-state index contributed by atoms with van der Waals surface area (Å²) in [5.74, 6) is -0.317. The molecule has 1 heterocycles. The van der Waals surface area contributed by atoms with E-state index in [9.17, 15) is 9.18 Å². The van der Waals surface area contributed by atoms with E-state index in [0.717, 1.165) is 24.1 Å². The van der Waals surface area contributed by atoms with E-state index in [0.29, 0.717) is 5.92 Å². The summed E-state index contributed by atoms with van der Waals surface area (Å²) in [4.78, 5) is 16.9. The molecule has 1 aliphatic carbocycles. The Balaban J connectivity index is 1.82. The van der Waals surface area contributed by atoms with E-state index in [1.807, 2.05) is 19.1 Å². The van der Waals surface area contributed by atoms with Gasteiger partial charge in [0.15, 0.2) is 11.6 Å². The van der Waals surface area contributed by atoms with Crippen LogP contribution in [-0.4, -0.2) is 18.0 Å². The van der Waals surface area contributed by atoms with Crippen molar-refractivity contribution in [2.24, 2.45) is 5.92 Å². The summed E-state index contributed by atoms with van der Waals surface area (Å²) < 4.78 is 18.7. The molecule has 2 aromatic rings. The minimum Gasteiger partial charge on any atom is -0.494 e. The van der Waals surface area contributed by atoms with Gasteiger partial charge in [-0.2, -0.15) is 0 Å². The molecule has 120 valence electrons. The first kappa shape index (κ1) is 15.5. The molecule has 0 aliphatic heterocycles. The normalized spacial score (nSPS) is 15.1. The molecule has 1 N–H and O–H groups in total. The van der Waals surface area contributed by atoms with Gasteiger partial charge in [-0.15, -0.1) is 0 Å². The Labute approximate surface area is 134 Å². The Morgan fingerprint density at radius 2 is 2.17 bits per heavy atom. The van der Waals surface area contributed by atoms with Crippen LogP contribution in [0.5, 0.6) is 5.75 Å². The van der Waals surface area contributed by atoms with Gasteiger partial charge in [0, 0.05) is 11.8 Å². The zero-order valence-corrected chi connectivity index (χ0v) is 13.2. The Kier molecular flexibility index (Phi) is 4.28. The summed E-state index contributed by atoms with van der Waals surface area (Å²) in [5.41, 5.74) is 2.21. The number of benzene rings is 1. The van der Waals surface area contributed by atoms with Crippen LogP contribution < -0.4 is 10.1 Å². The fourth-order valence-corrected chi connectivity index (χ4v) is 2.69. The summed E-state index contributed by atoms with van der Waals surface area (Å²) in [7, 11) is 1.39. The van der Waals surface area contributed by atoms with Crippen LogP contribution in [0.15, 0.2) is 36.5 Å². The van der Waals surface area contributed by atoms with Crippen molar-refractivity contribution in [1.82, 2.24) is 10.3 Å². The van der Waals surface area contributed by atoms with Crippen molar-refractivity contribution in [2.75, 3.05) is 7.11 Å². The van der Waals surface area contributed by atoms with Gasteiger partial charge in [-0.1, -0.05) is 6.07 Å². The van der Waals surface area contributed by atoms with E-state index in [4.69, 9.17) is 4.74 Å².